The SMILES string of the molecule is COc1cccc(OCCCOc2c(Cl)cc(/C=c3\sc4nc5ccccc5n4c3=O)cc2OC)c1. The molecule has 7 nitrogen and oxygen atoms in total. The minimum Gasteiger partial charge on any atom is -0.497 e. The van der Waals surface area contributed by atoms with Crippen LogP contribution in [0.5, 0.6) is 23.0 Å². The van der Waals surface area contributed by atoms with E-state index >= 15 is 0 Å². The Morgan fingerprint density at radius 3 is 2.61 bits per heavy atom. The summed E-state index contributed by atoms with van der Waals surface area (Å²) < 4.78 is 24.6. The van der Waals surface area contributed by atoms with E-state index in [0.29, 0.717) is 45.6 Å². The van der Waals surface area contributed by atoms with Crippen molar-refractivity contribution in [2.45, 2.75) is 6.42 Å². The first-order valence-corrected chi connectivity index (χ1v) is 12.5. The second-order valence-electron chi connectivity index (χ2n) is 7.90. The van der Waals surface area contributed by atoms with Crippen molar-refractivity contribution < 1.29 is 18.9 Å². The fourth-order valence-electron chi connectivity index (χ4n) is 3.84. The molecule has 2 aromatic heterocycles. The van der Waals surface area contributed by atoms with Crippen LogP contribution in [0.2, 0.25) is 5.02 Å². The molecule has 0 atom stereocenters. The van der Waals surface area contributed by atoms with Gasteiger partial charge in [-0.15, -0.1) is 0 Å². The number of nitrogens with zero attached hydrogens (tertiary/aromatic N) is 2. The highest BCUT2D eigenvalue weighted by atomic mass is 35.5. The fourth-order valence-corrected chi connectivity index (χ4v) is 5.10. The summed E-state index contributed by atoms with van der Waals surface area (Å²) in [5.41, 5.74) is 2.21. The molecule has 0 radical (unpaired) electrons. The molecule has 0 aliphatic heterocycles. The highest BCUT2D eigenvalue weighted by molar-refractivity contribution is 7.15. The maximum absolute atomic E-state index is 13.0. The number of hydrogen-bond donors (Lipinski definition) is 0. The lowest BCUT2D eigenvalue weighted by molar-refractivity contribution is 0.240. The van der Waals surface area contributed by atoms with Crippen molar-refractivity contribution in [3.8, 4) is 23.0 Å². The lowest BCUT2D eigenvalue weighted by Crippen LogP contribution is -2.22. The molecule has 184 valence electrons. The van der Waals surface area contributed by atoms with Crippen LogP contribution in [0, 0.1) is 0 Å². The molecule has 0 aliphatic rings. The molecule has 0 bridgehead atoms. The van der Waals surface area contributed by atoms with Crippen LogP contribution in [0.4, 0.5) is 0 Å². The van der Waals surface area contributed by atoms with Gasteiger partial charge in [-0.05, 0) is 48.0 Å². The predicted octanol–water partition coefficient (Wildman–Crippen LogP) is 4.98. The number of methoxy groups -OCH3 is 2. The number of rotatable bonds is 9. The van der Waals surface area contributed by atoms with E-state index in [-0.39, 0.29) is 5.56 Å². The number of hydrogen-bond acceptors (Lipinski definition) is 7. The van der Waals surface area contributed by atoms with Gasteiger partial charge in [0.25, 0.3) is 5.56 Å². The van der Waals surface area contributed by atoms with Crippen LogP contribution in [0.3, 0.4) is 0 Å². The number of halogens is 1. The molecular formula is C27H23ClN2O5S. The van der Waals surface area contributed by atoms with Gasteiger partial charge in [-0.3, -0.25) is 4.79 Å². The summed E-state index contributed by atoms with van der Waals surface area (Å²) in [6, 6.07) is 18.6. The lowest BCUT2D eigenvalue weighted by atomic mass is 10.2. The van der Waals surface area contributed by atoms with Gasteiger partial charge in [0.05, 0.1) is 48.0 Å². The molecule has 0 unspecified atom stereocenters. The first kappa shape index (κ1) is 24.0. The molecule has 0 saturated heterocycles. The highest BCUT2D eigenvalue weighted by Gasteiger charge is 2.14. The van der Waals surface area contributed by atoms with Crippen LogP contribution in [0.25, 0.3) is 22.1 Å². The summed E-state index contributed by atoms with van der Waals surface area (Å²) in [7, 11) is 3.17. The Balaban J connectivity index is 1.30. The zero-order valence-electron chi connectivity index (χ0n) is 19.7. The minimum absolute atomic E-state index is 0.116. The molecule has 3 aromatic carbocycles. The number of fused-ring (bicyclic) bond motifs is 3. The summed E-state index contributed by atoms with van der Waals surface area (Å²) in [6.45, 7) is 0.864. The van der Waals surface area contributed by atoms with E-state index in [4.69, 9.17) is 30.5 Å². The molecule has 5 aromatic rings. The molecule has 2 heterocycles. The number of benzene rings is 3. The smallest absolute Gasteiger partial charge is 0.274 e. The Bertz CT molecular complexity index is 1650. The van der Waals surface area contributed by atoms with Crippen LogP contribution in [-0.2, 0) is 0 Å². The Labute approximate surface area is 216 Å². The van der Waals surface area contributed by atoms with Crippen LogP contribution >= 0.6 is 22.9 Å². The summed E-state index contributed by atoms with van der Waals surface area (Å²) in [6.07, 6.45) is 2.43. The molecule has 0 spiro atoms. The van der Waals surface area contributed by atoms with E-state index < -0.39 is 0 Å². The van der Waals surface area contributed by atoms with E-state index in [1.165, 1.54) is 11.3 Å². The third-order valence-corrected chi connectivity index (χ3v) is 6.79. The summed E-state index contributed by atoms with van der Waals surface area (Å²) in [5, 5.41) is 0.397. The molecular weight excluding hydrogens is 500 g/mol. The second-order valence-corrected chi connectivity index (χ2v) is 9.31. The monoisotopic (exact) mass is 522 g/mol. The Hall–Kier alpha value is -3.75. The van der Waals surface area contributed by atoms with Gasteiger partial charge >= 0.3 is 0 Å². The molecule has 0 fully saturated rings. The average molecular weight is 523 g/mol. The normalized spacial score (nSPS) is 11.8. The predicted molar refractivity (Wildman–Crippen MR) is 142 cm³/mol. The first-order valence-electron chi connectivity index (χ1n) is 11.3. The van der Waals surface area contributed by atoms with Crippen molar-refractivity contribution in [1.29, 1.82) is 0 Å². The zero-order valence-corrected chi connectivity index (χ0v) is 21.3. The molecule has 0 N–H and O–H groups in total. The number of ether oxygens (including phenoxy) is 4. The van der Waals surface area contributed by atoms with Gasteiger partial charge in [-0.25, -0.2) is 9.38 Å². The fraction of sp³-hybridized carbons (Fsp3) is 0.185. The molecule has 36 heavy (non-hydrogen) atoms. The van der Waals surface area contributed by atoms with Gasteiger partial charge in [0.1, 0.15) is 11.5 Å². The molecule has 0 amide bonds. The quantitative estimate of drug-likeness (QED) is 0.254. The van der Waals surface area contributed by atoms with Crippen molar-refractivity contribution in [3.63, 3.8) is 0 Å². The van der Waals surface area contributed by atoms with Crippen molar-refractivity contribution >= 4 is 45.0 Å². The third-order valence-electron chi connectivity index (χ3n) is 5.54. The third kappa shape index (κ3) is 4.82. The van der Waals surface area contributed by atoms with Crippen molar-refractivity contribution in [1.82, 2.24) is 9.38 Å². The van der Waals surface area contributed by atoms with Crippen molar-refractivity contribution in [2.24, 2.45) is 0 Å². The number of aromatic nitrogens is 2. The summed E-state index contributed by atoms with van der Waals surface area (Å²) in [5.74, 6) is 2.41. The van der Waals surface area contributed by atoms with Gasteiger partial charge in [-0.1, -0.05) is 41.1 Å². The van der Waals surface area contributed by atoms with Crippen LogP contribution in [0.1, 0.15) is 12.0 Å². The van der Waals surface area contributed by atoms with Gasteiger partial charge in [-0.2, -0.15) is 0 Å². The minimum atomic E-state index is -0.116. The summed E-state index contributed by atoms with van der Waals surface area (Å²) in [4.78, 5) is 18.3. The van der Waals surface area contributed by atoms with Gasteiger partial charge in [0, 0.05) is 12.5 Å². The molecule has 0 saturated carbocycles. The molecule has 5 rings (SSSR count). The molecule has 0 aliphatic carbocycles. The maximum Gasteiger partial charge on any atom is 0.274 e. The van der Waals surface area contributed by atoms with E-state index in [2.05, 4.69) is 4.98 Å². The van der Waals surface area contributed by atoms with Gasteiger partial charge in [0.2, 0.25) is 0 Å². The Morgan fingerprint density at radius 1 is 0.972 bits per heavy atom. The largest absolute Gasteiger partial charge is 0.497 e. The number of thiazole rings is 1. The second kappa shape index (κ2) is 10.5. The molecule has 9 heteroatoms. The van der Waals surface area contributed by atoms with E-state index in [0.717, 1.165) is 28.1 Å². The first-order chi connectivity index (χ1) is 17.6. The highest BCUT2D eigenvalue weighted by Crippen LogP contribution is 2.36. The van der Waals surface area contributed by atoms with E-state index in [1.54, 1.807) is 36.8 Å². The average Bonchev–Trinajstić information content (AvgIpc) is 3.40. The van der Waals surface area contributed by atoms with E-state index in [1.807, 2.05) is 48.5 Å². The van der Waals surface area contributed by atoms with Crippen molar-refractivity contribution in [3.05, 3.63) is 86.1 Å². The van der Waals surface area contributed by atoms with Crippen molar-refractivity contribution in [2.75, 3.05) is 27.4 Å². The summed E-state index contributed by atoms with van der Waals surface area (Å²) >= 11 is 7.87. The standard InChI is InChI=1S/C27H23ClN2O5S/c1-32-18-7-5-8-19(16-18)34-11-6-12-35-25-20(28)13-17(14-23(25)33-2)15-24-26(31)30-22-10-4-3-9-21(22)29-27(30)36-24/h3-5,7-10,13-16H,6,11-12H2,1-2H3/b24-15-. The topological polar surface area (TPSA) is 71.3 Å². The lowest BCUT2D eigenvalue weighted by Gasteiger charge is -2.13. The van der Waals surface area contributed by atoms with Crippen LogP contribution in [-0.4, -0.2) is 36.8 Å². The number of imidazole rings is 1. The van der Waals surface area contributed by atoms with E-state index in [9.17, 15) is 4.79 Å². The van der Waals surface area contributed by atoms with Gasteiger partial charge < -0.3 is 18.9 Å². The maximum atomic E-state index is 13.0. The Kier molecular flexibility index (Phi) is 6.97. The zero-order chi connectivity index (χ0) is 25.1. The van der Waals surface area contributed by atoms with Crippen LogP contribution in [0.15, 0.2) is 65.5 Å². The Morgan fingerprint density at radius 2 is 1.78 bits per heavy atom. The van der Waals surface area contributed by atoms with Crippen LogP contribution < -0.4 is 29.0 Å². The van der Waals surface area contributed by atoms with Gasteiger partial charge in [0.15, 0.2) is 16.5 Å². The number of para-hydroxylation sites is 2.